The molecule has 24 heavy (non-hydrogen) atoms. The van der Waals surface area contributed by atoms with E-state index in [0.717, 1.165) is 42.3 Å². The van der Waals surface area contributed by atoms with Gasteiger partial charge in [0.2, 0.25) is 0 Å². The molecule has 0 spiro atoms. The molecule has 3 aromatic heterocycles. The maximum atomic E-state index is 10.1. The standard InChI is InChI=1S/C16H21N7O/c1-11-6-12-7-21(4-5-23(12)20-11)14-13-15(18-9-17-14)22(10-19-13)8-16(2,3)24/h6,9-10,24H,4-5,7-8H2,1-3H3. The number of aliphatic hydroxyl groups is 1. The van der Waals surface area contributed by atoms with Gasteiger partial charge < -0.3 is 14.6 Å². The molecule has 0 amide bonds. The van der Waals surface area contributed by atoms with E-state index in [0.29, 0.717) is 6.54 Å². The van der Waals surface area contributed by atoms with Crippen molar-refractivity contribution in [3.63, 3.8) is 0 Å². The minimum Gasteiger partial charge on any atom is -0.389 e. The fourth-order valence-electron chi connectivity index (χ4n) is 3.22. The van der Waals surface area contributed by atoms with Crippen molar-refractivity contribution >= 4 is 17.0 Å². The molecule has 4 rings (SSSR count). The molecule has 1 N–H and O–H groups in total. The Bertz CT molecular complexity index is 890. The number of fused-ring (bicyclic) bond motifs is 2. The van der Waals surface area contributed by atoms with Crippen molar-refractivity contribution in [3.8, 4) is 0 Å². The first-order valence-electron chi connectivity index (χ1n) is 8.07. The van der Waals surface area contributed by atoms with E-state index in [2.05, 4.69) is 35.7 Å². The largest absolute Gasteiger partial charge is 0.389 e. The van der Waals surface area contributed by atoms with Gasteiger partial charge in [-0.2, -0.15) is 5.10 Å². The summed E-state index contributed by atoms with van der Waals surface area (Å²) in [7, 11) is 0. The maximum absolute atomic E-state index is 10.1. The number of hydrogen-bond donors (Lipinski definition) is 1. The summed E-state index contributed by atoms with van der Waals surface area (Å²) in [5.41, 5.74) is 2.91. The van der Waals surface area contributed by atoms with Crippen molar-refractivity contribution in [1.29, 1.82) is 0 Å². The molecular weight excluding hydrogens is 306 g/mol. The van der Waals surface area contributed by atoms with Gasteiger partial charge in [-0.15, -0.1) is 0 Å². The minimum atomic E-state index is -0.826. The fraction of sp³-hybridized carbons (Fsp3) is 0.500. The summed E-state index contributed by atoms with van der Waals surface area (Å²) in [4.78, 5) is 15.5. The molecule has 126 valence electrons. The number of aromatic nitrogens is 6. The van der Waals surface area contributed by atoms with Crippen LogP contribution in [-0.4, -0.2) is 46.6 Å². The number of rotatable bonds is 3. The Morgan fingerprint density at radius 2 is 2.04 bits per heavy atom. The van der Waals surface area contributed by atoms with Gasteiger partial charge >= 0.3 is 0 Å². The number of anilines is 1. The molecule has 8 heteroatoms. The monoisotopic (exact) mass is 327 g/mol. The summed E-state index contributed by atoms with van der Waals surface area (Å²) >= 11 is 0. The summed E-state index contributed by atoms with van der Waals surface area (Å²) < 4.78 is 3.93. The molecule has 0 fully saturated rings. The first kappa shape index (κ1) is 15.1. The second-order valence-electron chi connectivity index (χ2n) is 6.98. The van der Waals surface area contributed by atoms with Crippen LogP contribution in [0, 0.1) is 6.92 Å². The van der Waals surface area contributed by atoms with Gasteiger partial charge in [0.1, 0.15) is 6.33 Å². The summed E-state index contributed by atoms with van der Waals surface area (Å²) in [6.07, 6.45) is 3.29. The molecule has 0 atom stereocenters. The van der Waals surface area contributed by atoms with Gasteiger partial charge in [-0.3, -0.25) is 4.68 Å². The third-order valence-electron chi connectivity index (χ3n) is 4.16. The summed E-state index contributed by atoms with van der Waals surface area (Å²) in [5.74, 6) is 0.833. The van der Waals surface area contributed by atoms with E-state index in [9.17, 15) is 5.11 Å². The van der Waals surface area contributed by atoms with Crippen LogP contribution in [0.15, 0.2) is 18.7 Å². The van der Waals surface area contributed by atoms with Crippen LogP contribution in [0.1, 0.15) is 25.2 Å². The average molecular weight is 327 g/mol. The SMILES string of the molecule is Cc1cc2n(n1)CCN(c1ncnc3c1ncn3CC(C)(C)O)C2. The highest BCUT2D eigenvalue weighted by Gasteiger charge is 2.23. The molecule has 8 nitrogen and oxygen atoms in total. The van der Waals surface area contributed by atoms with Crippen LogP contribution in [0.3, 0.4) is 0 Å². The van der Waals surface area contributed by atoms with Crippen LogP contribution in [0.4, 0.5) is 5.82 Å². The molecule has 0 saturated heterocycles. The van der Waals surface area contributed by atoms with Crippen LogP contribution in [-0.2, 0) is 19.6 Å². The lowest BCUT2D eigenvalue weighted by Crippen LogP contribution is -2.34. The third kappa shape index (κ3) is 2.62. The quantitative estimate of drug-likeness (QED) is 0.776. The van der Waals surface area contributed by atoms with Crippen molar-refractivity contribution in [2.24, 2.45) is 0 Å². The predicted molar refractivity (Wildman–Crippen MR) is 89.6 cm³/mol. The molecule has 0 aromatic carbocycles. The Balaban J connectivity index is 1.70. The Morgan fingerprint density at radius 3 is 2.83 bits per heavy atom. The van der Waals surface area contributed by atoms with E-state index < -0.39 is 5.60 Å². The highest BCUT2D eigenvalue weighted by molar-refractivity contribution is 5.83. The van der Waals surface area contributed by atoms with E-state index in [1.54, 1.807) is 26.5 Å². The molecule has 0 radical (unpaired) electrons. The van der Waals surface area contributed by atoms with Gasteiger partial charge in [0.25, 0.3) is 0 Å². The fourth-order valence-corrected chi connectivity index (χ4v) is 3.22. The number of aryl methyl sites for hydroxylation is 1. The van der Waals surface area contributed by atoms with Crippen molar-refractivity contribution < 1.29 is 5.11 Å². The summed E-state index contributed by atoms with van der Waals surface area (Å²) in [5, 5.41) is 14.6. The molecule has 1 aliphatic rings. The smallest absolute Gasteiger partial charge is 0.165 e. The molecule has 0 saturated carbocycles. The van der Waals surface area contributed by atoms with Gasteiger partial charge in [0.15, 0.2) is 17.0 Å². The van der Waals surface area contributed by atoms with E-state index in [1.165, 1.54) is 5.69 Å². The van der Waals surface area contributed by atoms with Crippen molar-refractivity contribution in [3.05, 3.63) is 30.1 Å². The zero-order chi connectivity index (χ0) is 16.9. The predicted octanol–water partition coefficient (Wildman–Crippen LogP) is 1.12. The first-order chi connectivity index (χ1) is 11.4. The maximum Gasteiger partial charge on any atom is 0.165 e. The lowest BCUT2D eigenvalue weighted by Gasteiger charge is -2.28. The normalized spacial score (nSPS) is 15.1. The molecule has 0 bridgehead atoms. The van der Waals surface area contributed by atoms with Gasteiger partial charge in [-0.05, 0) is 26.8 Å². The Hall–Kier alpha value is -2.48. The zero-order valence-electron chi connectivity index (χ0n) is 14.1. The Morgan fingerprint density at radius 1 is 1.21 bits per heavy atom. The van der Waals surface area contributed by atoms with E-state index in [-0.39, 0.29) is 0 Å². The topological polar surface area (TPSA) is 84.9 Å². The molecule has 1 aliphatic heterocycles. The van der Waals surface area contributed by atoms with E-state index in [4.69, 9.17) is 0 Å². The van der Waals surface area contributed by atoms with Crippen LogP contribution < -0.4 is 4.90 Å². The van der Waals surface area contributed by atoms with E-state index in [1.807, 2.05) is 11.5 Å². The molecule has 4 heterocycles. The number of nitrogens with zero attached hydrogens (tertiary/aromatic N) is 7. The van der Waals surface area contributed by atoms with Gasteiger partial charge in [0, 0.05) is 6.54 Å². The average Bonchev–Trinajstić information content (AvgIpc) is 3.07. The third-order valence-corrected chi connectivity index (χ3v) is 4.16. The van der Waals surface area contributed by atoms with Gasteiger partial charge in [-0.25, -0.2) is 15.0 Å². The molecule has 0 unspecified atom stereocenters. The Labute approximate surface area is 139 Å². The second-order valence-corrected chi connectivity index (χ2v) is 6.98. The zero-order valence-corrected chi connectivity index (χ0v) is 14.1. The highest BCUT2D eigenvalue weighted by Crippen LogP contribution is 2.26. The lowest BCUT2D eigenvalue weighted by atomic mass is 10.1. The first-order valence-corrected chi connectivity index (χ1v) is 8.07. The molecular formula is C16H21N7O. The highest BCUT2D eigenvalue weighted by atomic mass is 16.3. The Kier molecular flexibility index (Phi) is 3.31. The molecule has 0 aliphatic carbocycles. The molecule has 3 aromatic rings. The number of imidazole rings is 1. The van der Waals surface area contributed by atoms with Gasteiger partial charge in [0.05, 0.1) is 43.0 Å². The lowest BCUT2D eigenvalue weighted by molar-refractivity contribution is 0.0625. The van der Waals surface area contributed by atoms with Gasteiger partial charge in [-0.1, -0.05) is 0 Å². The summed E-state index contributed by atoms with van der Waals surface area (Å²) in [6.45, 7) is 8.41. The van der Waals surface area contributed by atoms with Crippen molar-refractivity contribution in [1.82, 2.24) is 29.3 Å². The van der Waals surface area contributed by atoms with Crippen molar-refractivity contribution in [2.45, 2.75) is 46.0 Å². The van der Waals surface area contributed by atoms with E-state index >= 15 is 0 Å². The minimum absolute atomic E-state index is 0.436. The van der Waals surface area contributed by atoms with Crippen LogP contribution in [0.25, 0.3) is 11.2 Å². The number of hydrogen-bond acceptors (Lipinski definition) is 6. The second kappa shape index (κ2) is 5.27. The summed E-state index contributed by atoms with van der Waals surface area (Å²) in [6, 6.07) is 2.11. The van der Waals surface area contributed by atoms with Crippen LogP contribution >= 0.6 is 0 Å². The van der Waals surface area contributed by atoms with Crippen LogP contribution in [0.5, 0.6) is 0 Å². The van der Waals surface area contributed by atoms with Crippen molar-refractivity contribution in [2.75, 3.05) is 11.4 Å². The van der Waals surface area contributed by atoms with Crippen LogP contribution in [0.2, 0.25) is 0 Å².